The first-order valence-corrected chi connectivity index (χ1v) is 8.62. The highest BCUT2D eigenvalue weighted by Gasteiger charge is 2.32. The minimum atomic E-state index is -4.53. The highest BCUT2D eigenvalue weighted by atomic mass is 19.4. The molecule has 1 saturated heterocycles. The molecule has 1 unspecified atom stereocenters. The van der Waals surface area contributed by atoms with Gasteiger partial charge in [0.15, 0.2) is 0 Å². The number of morpholine rings is 1. The molecule has 1 aromatic heterocycles. The molecule has 5 nitrogen and oxygen atoms in total. The number of carbonyl (C=O) groups excluding carboxylic acids is 1. The number of nitrogens with zero attached hydrogens (tertiary/aromatic N) is 2. The number of pyridine rings is 1. The zero-order valence-corrected chi connectivity index (χ0v) is 14.6. The van der Waals surface area contributed by atoms with Crippen LogP contribution in [-0.4, -0.2) is 48.6 Å². The Balaban J connectivity index is 1.73. The second-order valence-corrected chi connectivity index (χ2v) is 6.28. The first-order chi connectivity index (χ1) is 12.9. The lowest BCUT2D eigenvalue weighted by Gasteiger charge is -2.31. The van der Waals surface area contributed by atoms with Gasteiger partial charge in [0.1, 0.15) is 5.69 Å². The molecule has 0 saturated carbocycles. The number of rotatable bonds is 5. The highest BCUT2D eigenvalue weighted by Crippen LogP contribution is 2.27. The number of halogens is 3. The monoisotopic (exact) mass is 379 g/mol. The lowest BCUT2D eigenvalue weighted by atomic mass is 10.1. The van der Waals surface area contributed by atoms with E-state index in [4.69, 9.17) is 4.74 Å². The molecule has 2 heterocycles. The van der Waals surface area contributed by atoms with Gasteiger partial charge in [-0.15, -0.1) is 0 Å². The molecule has 1 N–H and O–H groups in total. The Hall–Kier alpha value is -2.45. The van der Waals surface area contributed by atoms with Gasteiger partial charge in [0.25, 0.3) is 5.91 Å². The molecule has 1 aliphatic rings. The predicted molar refractivity (Wildman–Crippen MR) is 93.1 cm³/mol. The van der Waals surface area contributed by atoms with Gasteiger partial charge in [0.05, 0.1) is 24.8 Å². The Labute approximate surface area is 155 Å². The van der Waals surface area contributed by atoms with Crippen LogP contribution in [0.25, 0.3) is 0 Å². The first-order valence-electron chi connectivity index (χ1n) is 8.62. The maximum Gasteiger partial charge on any atom is 0.433 e. The van der Waals surface area contributed by atoms with Gasteiger partial charge in [-0.1, -0.05) is 30.3 Å². The van der Waals surface area contributed by atoms with Crippen LogP contribution in [0.2, 0.25) is 0 Å². The van der Waals surface area contributed by atoms with E-state index in [0.717, 1.165) is 37.0 Å². The molecule has 0 bridgehead atoms. The summed E-state index contributed by atoms with van der Waals surface area (Å²) < 4.78 is 43.2. The summed E-state index contributed by atoms with van der Waals surface area (Å²) in [6, 6.07) is 11.1. The molecule has 1 fully saturated rings. The Morgan fingerprint density at radius 1 is 1.15 bits per heavy atom. The summed E-state index contributed by atoms with van der Waals surface area (Å²) in [6.45, 7) is 3.39. The molecular weight excluding hydrogens is 359 g/mol. The molecule has 0 radical (unpaired) electrons. The molecule has 2 aromatic rings. The fourth-order valence-corrected chi connectivity index (χ4v) is 2.90. The lowest BCUT2D eigenvalue weighted by Crippen LogP contribution is -2.43. The van der Waals surface area contributed by atoms with Gasteiger partial charge >= 0.3 is 6.18 Å². The maximum atomic E-state index is 12.6. The molecule has 144 valence electrons. The van der Waals surface area contributed by atoms with E-state index in [1.54, 1.807) is 0 Å². The number of benzene rings is 1. The molecule has 27 heavy (non-hydrogen) atoms. The number of amides is 1. The van der Waals surface area contributed by atoms with E-state index in [1.807, 2.05) is 30.3 Å². The molecule has 1 amide bonds. The minimum Gasteiger partial charge on any atom is -0.379 e. The number of hydrogen-bond acceptors (Lipinski definition) is 4. The van der Waals surface area contributed by atoms with E-state index in [9.17, 15) is 18.0 Å². The van der Waals surface area contributed by atoms with Gasteiger partial charge in [0.2, 0.25) is 0 Å². The van der Waals surface area contributed by atoms with Gasteiger partial charge in [-0.05, 0) is 17.7 Å². The van der Waals surface area contributed by atoms with Crippen LogP contribution in [0.5, 0.6) is 0 Å². The van der Waals surface area contributed by atoms with Crippen LogP contribution in [-0.2, 0) is 10.9 Å². The lowest BCUT2D eigenvalue weighted by molar-refractivity contribution is -0.141. The van der Waals surface area contributed by atoms with Crippen LogP contribution in [0.1, 0.15) is 27.7 Å². The van der Waals surface area contributed by atoms with Crippen LogP contribution in [0.15, 0.2) is 48.7 Å². The van der Waals surface area contributed by atoms with Gasteiger partial charge in [-0.25, -0.2) is 0 Å². The summed E-state index contributed by atoms with van der Waals surface area (Å²) in [4.78, 5) is 18.1. The van der Waals surface area contributed by atoms with Gasteiger partial charge < -0.3 is 10.1 Å². The number of alkyl halides is 3. The SMILES string of the molecule is O=C(NC(CN1CCOCC1)c1ccccc1)c1ccc(C(F)(F)F)nc1. The third-order valence-electron chi connectivity index (χ3n) is 4.37. The summed E-state index contributed by atoms with van der Waals surface area (Å²) in [6.07, 6.45) is -3.58. The van der Waals surface area contributed by atoms with E-state index in [1.165, 1.54) is 0 Å². The second-order valence-electron chi connectivity index (χ2n) is 6.28. The molecule has 3 rings (SSSR count). The number of carbonyl (C=O) groups is 1. The Morgan fingerprint density at radius 3 is 2.44 bits per heavy atom. The molecular formula is C19H20F3N3O2. The molecule has 1 aliphatic heterocycles. The second kappa shape index (κ2) is 8.49. The van der Waals surface area contributed by atoms with Crippen molar-refractivity contribution in [1.82, 2.24) is 15.2 Å². The zero-order chi connectivity index (χ0) is 19.3. The summed E-state index contributed by atoms with van der Waals surface area (Å²) in [7, 11) is 0. The number of ether oxygens (including phenoxy) is 1. The summed E-state index contributed by atoms with van der Waals surface area (Å²) in [5, 5.41) is 2.91. The predicted octanol–water partition coefficient (Wildman–Crippen LogP) is 2.90. The van der Waals surface area contributed by atoms with Gasteiger partial charge in [-0.3, -0.25) is 14.7 Å². The van der Waals surface area contributed by atoms with Crippen molar-refractivity contribution in [3.05, 3.63) is 65.5 Å². The van der Waals surface area contributed by atoms with Gasteiger partial charge in [-0.2, -0.15) is 13.2 Å². The van der Waals surface area contributed by atoms with Crippen LogP contribution in [0.4, 0.5) is 13.2 Å². The Bertz CT molecular complexity index is 745. The van der Waals surface area contributed by atoms with Crippen molar-refractivity contribution in [3.63, 3.8) is 0 Å². The van der Waals surface area contributed by atoms with Crippen molar-refractivity contribution in [2.24, 2.45) is 0 Å². The number of aromatic nitrogens is 1. The fourth-order valence-electron chi connectivity index (χ4n) is 2.90. The Morgan fingerprint density at radius 2 is 1.85 bits per heavy atom. The van der Waals surface area contributed by atoms with Crippen LogP contribution < -0.4 is 5.32 Å². The van der Waals surface area contributed by atoms with Crippen molar-refractivity contribution < 1.29 is 22.7 Å². The molecule has 1 atom stereocenters. The van der Waals surface area contributed by atoms with Crippen molar-refractivity contribution in [2.45, 2.75) is 12.2 Å². The zero-order valence-electron chi connectivity index (χ0n) is 14.6. The molecule has 8 heteroatoms. The fraction of sp³-hybridized carbons (Fsp3) is 0.368. The standard InChI is InChI=1S/C19H20F3N3O2/c20-19(21,22)17-7-6-15(12-23-17)18(26)24-16(14-4-2-1-3-5-14)13-25-8-10-27-11-9-25/h1-7,12,16H,8-11,13H2,(H,24,26). The molecule has 0 aliphatic carbocycles. The van der Waals surface area contributed by atoms with Crippen LogP contribution in [0.3, 0.4) is 0 Å². The van der Waals surface area contributed by atoms with Crippen molar-refractivity contribution in [2.75, 3.05) is 32.8 Å². The third-order valence-corrected chi connectivity index (χ3v) is 4.37. The quantitative estimate of drug-likeness (QED) is 0.868. The van der Waals surface area contributed by atoms with E-state index in [2.05, 4.69) is 15.2 Å². The first kappa shape index (κ1) is 19.3. The summed E-state index contributed by atoms with van der Waals surface area (Å²) >= 11 is 0. The van der Waals surface area contributed by atoms with Crippen molar-refractivity contribution in [1.29, 1.82) is 0 Å². The number of nitrogens with one attached hydrogen (secondary N) is 1. The smallest absolute Gasteiger partial charge is 0.379 e. The largest absolute Gasteiger partial charge is 0.433 e. The average Bonchev–Trinajstić information content (AvgIpc) is 2.68. The van der Waals surface area contributed by atoms with E-state index >= 15 is 0 Å². The summed E-state index contributed by atoms with van der Waals surface area (Å²) in [5.41, 5.74) is -0.00454. The normalized spacial score (nSPS) is 16.7. The topological polar surface area (TPSA) is 54.5 Å². The van der Waals surface area contributed by atoms with Crippen molar-refractivity contribution >= 4 is 5.91 Å². The number of hydrogen-bond donors (Lipinski definition) is 1. The van der Waals surface area contributed by atoms with E-state index < -0.39 is 17.8 Å². The summed E-state index contributed by atoms with van der Waals surface area (Å²) in [5.74, 6) is -0.460. The third kappa shape index (κ3) is 5.27. The van der Waals surface area contributed by atoms with Crippen LogP contribution in [0, 0.1) is 0 Å². The van der Waals surface area contributed by atoms with Crippen LogP contribution >= 0.6 is 0 Å². The van der Waals surface area contributed by atoms with Crippen molar-refractivity contribution in [3.8, 4) is 0 Å². The average molecular weight is 379 g/mol. The van der Waals surface area contributed by atoms with E-state index in [0.29, 0.717) is 19.8 Å². The van der Waals surface area contributed by atoms with E-state index in [-0.39, 0.29) is 11.6 Å². The minimum absolute atomic E-state index is 0.0888. The Kier molecular flexibility index (Phi) is 6.08. The van der Waals surface area contributed by atoms with Gasteiger partial charge in [0, 0.05) is 25.8 Å². The highest BCUT2D eigenvalue weighted by molar-refractivity contribution is 5.94. The molecule has 1 aromatic carbocycles. The molecule has 0 spiro atoms. The maximum absolute atomic E-state index is 12.6.